The Labute approximate surface area is 138 Å². The van der Waals surface area contributed by atoms with Gasteiger partial charge in [0.1, 0.15) is 6.04 Å². The lowest BCUT2D eigenvalue weighted by atomic mass is 10.0. The molecule has 0 unspecified atom stereocenters. The summed E-state index contributed by atoms with van der Waals surface area (Å²) in [6.45, 7) is 10.1. The molecule has 0 saturated carbocycles. The Hall–Kier alpha value is -2.10. The zero-order valence-corrected chi connectivity index (χ0v) is 14.6. The van der Waals surface area contributed by atoms with Crippen molar-refractivity contribution in [1.29, 1.82) is 0 Å². The third kappa shape index (κ3) is 6.27. The van der Waals surface area contributed by atoms with Crippen molar-refractivity contribution in [2.24, 2.45) is 5.92 Å². The van der Waals surface area contributed by atoms with Gasteiger partial charge >= 0.3 is 5.97 Å². The van der Waals surface area contributed by atoms with Gasteiger partial charge < -0.3 is 10.1 Å². The molecule has 0 aliphatic rings. The fraction of sp³-hybridized carbons (Fsp3) is 0.474. The lowest BCUT2D eigenvalue weighted by molar-refractivity contribution is -0.148. The van der Waals surface area contributed by atoms with E-state index in [-0.39, 0.29) is 11.8 Å². The Morgan fingerprint density at radius 1 is 1.13 bits per heavy atom. The third-order valence-electron chi connectivity index (χ3n) is 3.54. The van der Waals surface area contributed by atoms with Crippen molar-refractivity contribution in [2.45, 2.75) is 46.6 Å². The van der Waals surface area contributed by atoms with Crippen molar-refractivity contribution < 1.29 is 14.3 Å². The molecule has 0 fully saturated rings. The summed E-state index contributed by atoms with van der Waals surface area (Å²) in [4.78, 5) is 23.8. The highest BCUT2D eigenvalue weighted by Crippen LogP contribution is 2.15. The van der Waals surface area contributed by atoms with Gasteiger partial charge in [0, 0.05) is 6.08 Å². The van der Waals surface area contributed by atoms with Crippen molar-refractivity contribution in [3.8, 4) is 0 Å². The number of amides is 1. The van der Waals surface area contributed by atoms with Crippen LogP contribution in [0.25, 0.3) is 6.08 Å². The molecule has 4 nitrogen and oxygen atoms in total. The summed E-state index contributed by atoms with van der Waals surface area (Å²) in [5.41, 5.74) is 2.20. The molecule has 0 radical (unpaired) electrons. The van der Waals surface area contributed by atoms with Crippen molar-refractivity contribution in [1.82, 2.24) is 5.32 Å². The smallest absolute Gasteiger partial charge is 0.328 e. The standard InChI is InChI=1S/C19H27NO3/c1-6-23-19(22)18(14(4)5)20-17(21)12-9-15-7-10-16(11-8-15)13(2)3/h7-14,18H,6H2,1-5H3,(H,20,21)/b12-9+/t18-/m0/s1. The van der Waals surface area contributed by atoms with E-state index < -0.39 is 12.0 Å². The highest BCUT2D eigenvalue weighted by molar-refractivity contribution is 5.94. The molecule has 1 aromatic carbocycles. The van der Waals surface area contributed by atoms with Crippen LogP contribution >= 0.6 is 0 Å². The van der Waals surface area contributed by atoms with Gasteiger partial charge in [-0.3, -0.25) is 4.79 Å². The first-order chi connectivity index (χ1) is 10.8. The van der Waals surface area contributed by atoms with E-state index in [1.165, 1.54) is 11.6 Å². The third-order valence-corrected chi connectivity index (χ3v) is 3.54. The Morgan fingerprint density at radius 3 is 2.22 bits per heavy atom. The molecule has 0 aliphatic carbocycles. The molecular formula is C19H27NO3. The number of ether oxygens (including phenoxy) is 1. The summed E-state index contributed by atoms with van der Waals surface area (Å²) in [5, 5.41) is 2.70. The Balaban J connectivity index is 2.68. The maximum atomic E-state index is 12.0. The fourth-order valence-corrected chi connectivity index (χ4v) is 2.10. The molecule has 4 heteroatoms. The van der Waals surface area contributed by atoms with Gasteiger partial charge in [0.05, 0.1) is 6.61 Å². The number of esters is 1. The van der Waals surface area contributed by atoms with Crippen LogP contribution in [0.1, 0.15) is 51.7 Å². The van der Waals surface area contributed by atoms with Crippen LogP contribution in [0.3, 0.4) is 0 Å². The maximum absolute atomic E-state index is 12.0. The summed E-state index contributed by atoms with van der Waals surface area (Å²) in [6, 6.07) is 7.43. The number of hydrogen-bond acceptors (Lipinski definition) is 3. The molecule has 23 heavy (non-hydrogen) atoms. The largest absolute Gasteiger partial charge is 0.464 e. The quantitative estimate of drug-likeness (QED) is 0.618. The predicted molar refractivity (Wildman–Crippen MR) is 93.0 cm³/mol. The number of carbonyl (C=O) groups is 2. The fourth-order valence-electron chi connectivity index (χ4n) is 2.10. The van der Waals surface area contributed by atoms with Crippen LogP contribution in [-0.4, -0.2) is 24.5 Å². The normalized spacial score (nSPS) is 12.7. The van der Waals surface area contributed by atoms with Gasteiger partial charge in [0.2, 0.25) is 5.91 Å². The van der Waals surface area contributed by atoms with Gasteiger partial charge in [-0.05, 0) is 36.0 Å². The minimum atomic E-state index is -0.629. The molecule has 126 valence electrons. The van der Waals surface area contributed by atoms with Gasteiger partial charge in [0.15, 0.2) is 0 Å². The number of rotatable bonds is 7. The van der Waals surface area contributed by atoms with Gasteiger partial charge in [-0.15, -0.1) is 0 Å². The first kappa shape index (κ1) is 18.9. The minimum Gasteiger partial charge on any atom is -0.464 e. The number of nitrogens with one attached hydrogen (secondary N) is 1. The van der Waals surface area contributed by atoms with Crippen LogP contribution < -0.4 is 5.32 Å². The van der Waals surface area contributed by atoms with E-state index in [4.69, 9.17) is 4.74 Å². The van der Waals surface area contributed by atoms with Crippen molar-refractivity contribution in [3.05, 3.63) is 41.5 Å². The first-order valence-electron chi connectivity index (χ1n) is 8.10. The van der Waals surface area contributed by atoms with Crippen LogP contribution in [-0.2, 0) is 14.3 Å². The second-order valence-corrected chi connectivity index (χ2v) is 6.14. The zero-order valence-electron chi connectivity index (χ0n) is 14.6. The molecule has 0 heterocycles. The molecule has 0 bridgehead atoms. The lowest BCUT2D eigenvalue weighted by Gasteiger charge is -2.19. The van der Waals surface area contributed by atoms with Crippen LogP contribution in [0.5, 0.6) is 0 Å². The molecule has 0 aromatic heterocycles. The first-order valence-corrected chi connectivity index (χ1v) is 8.10. The van der Waals surface area contributed by atoms with Crippen molar-refractivity contribution in [3.63, 3.8) is 0 Å². The maximum Gasteiger partial charge on any atom is 0.328 e. The van der Waals surface area contributed by atoms with Gasteiger partial charge in [-0.2, -0.15) is 0 Å². The number of benzene rings is 1. The van der Waals surface area contributed by atoms with Crippen LogP contribution in [0.4, 0.5) is 0 Å². The topological polar surface area (TPSA) is 55.4 Å². The average molecular weight is 317 g/mol. The SMILES string of the molecule is CCOC(=O)[C@@H](NC(=O)/C=C/c1ccc(C(C)C)cc1)C(C)C. The van der Waals surface area contributed by atoms with Gasteiger partial charge in [-0.1, -0.05) is 52.0 Å². The second kappa shape index (κ2) is 9.13. The highest BCUT2D eigenvalue weighted by atomic mass is 16.5. The number of hydrogen-bond donors (Lipinski definition) is 1. The molecular weight excluding hydrogens is 290 g/mol. The zero-order chi connectivity index (χ0) is 17.4. The molecule has 1 amide bonds. The molecule has 1 aromatic rings. The van der Waals surface area contributed by atoms with Crippen LogP contribution in [0.2, 0.25) is 0 Å². The van der Waals surface area contributed by atoms with E-state index >= 15 is 0 Å². The molecule has 1 N–H and O–H groups in total. The van der Waals surface area contributed by atoms with Gasteiger partial charge in [0.25, 0.3) is 0 Å². The molecule has 1 rings (SSSR count). The van der Waals surface area contributed by atoms with E-state index in [9.17, 15) is 9.59 Å². The molecule has 1 atom stereocenters. The summed E-state index contributed by atoms with van der Waals surface area (Å²) >= 11 is 0. The summed E-state index contributed by atoms with van der Waals surface area (Å²) in [5.74, 6) is -0.250. The van der Waals surface area contributed by atoms with Crippen molar-refractivity contribution >= 4 is 18.0 Å². The van der Waals surface area contributed by atoms with E-state index in [2.05, 4.69) is 31.3 Å². The minimum absolute atomic E-state index is 0.0308. The van der Waals surface area contributed by atoms with Crippen molar-refractivity contribution in [2.75, 3.05) is 6.61 Å². The second-order valence-electron chi connectivity index (χ2n) is 6.14. The highest BCUT2D eigenvalue weighted by Gasteiger charge is 2.24. The van der Waals surface area contributed by atoms with Gasteiger partial charge in [-0.25, -0.2) is 4.79 Å². The van der Waals surface area contributed by atoms with E-state index in [1.807, 2.05) is 26.0 Å². The van der Waals surface area contributed by atoms with E-state index in [0.29, 0.717) is 12.5 Å². The van der Waals surface area contributed by atoms with E-state index in [0.717, 1.165) is 5.56 Å². The average Bonchev–Trinajstić information content (AvgIpc) is 2.50. The van der Waals surface area contributed by atoms with E-state index in [1.54, 1.807) is 13.0 Å². The summed E-state index contributed by atoms with van der Waals surface area (Å²) in [7, 11) is 0. The molecule has 0 spiro atoms. The number of carbonyl (C=O) groups excluding carboxylic acids is 2. The molecule has 0 aliphatic heterocycles. The molecule has 0 saturated heterocycles. The van der Waals surface area contributed by atoms with Crippen LogP contribution in [0.15, 0.2) is 30.3 Å². The predicted octanol–water partition coefficient (Wildman–Crippen LogP) is 3.53. The monoisotopic (exact) mass is 317 g/mol. The Kier molecular flexibility index (Phi) is 7.52. The summed E-state index contributed by atoms with van der Waals surface area (Å²) < 4.78 is 4.99. The Bertz CT molecular complexity index is 544. The summed E-state index contributed by atoms with van der Waals surface area (Å²) in [6.07, 6.45) is 3.18. The lowest BCUT2D eigenvalue weighted by Crippen LogP contribution is -2.44. The van der Waals surface area contributed by atoms with Crippen LogP contribution in [0, 0.1) is 5.92 Å². The Morgan fingerprint density at radius 2 is 1.74 bits per heavy atom.